The topological polar surface area (TPSA) is 49.3 Å². The maximum Gasteiger partial charge on any atom is 0.261 e. The summed E-state index contributed by atoms with van der Waals surface area (Å²) in [6.45, 7) is 4.77. The van der Waals surface area contributed by atoms with Gasteiger partial charge in [0.05, 0.1) is 11.3 Å². The summed E-state index contributed by atoms with van der Waals surface area (Å²) in [6.07, 6.45) is 7.57. The second kappa shape index (κ2) is 7.27. The molecule has 0 aliphatic carbocycles. The third-order valence-corrected chi connectivity index (χ3v) is 4.89. The highest BCUT2D eigenvalue weighted by atomic mass is 16.2. The van der Waals surface area contributed by atoms with Crippen molar-refractivity contribution in [3.63, 3.8) is 0 Å². The third-order valence-electron chi connectivity index (χ3n) is 4.89. The van der Waals surface area contributed by atoms with Crippen LogP contribution in [0.4, 0.5) is 17.3 Å². The van der Waals surface area contributed by atoms with Gasteiger partial charge in [0.2, 0.25) is 0 Å². The van der Waals surface area contributed by atoms with E-state index >= 15 is 0 Å². The maximum absolute atomic E-state index is 13.1. The lowest BCUT2D eigenvalue weighted by Crippen LogP contribution is -2.25. The second-order valence-corrected chi connectivity index (χ2v) is 6.84. The first-order valence-electron chi connectivity index (χ1n) is 9.34. The Morgan fingerprint density at radius 1 is 1.00 bits per heavy atom. The summed E-state index contributed by atoms with van der Waals surface area (Å²) in [5, 5.41) is 0. The summed E-state index contributed by atoms with van der Waals surface area (Å²) >= 11 is 0. The Bertz CT molecular complexity index is 1070. The molecule has 3 aromatic rings. The van der Waals surface area contributed by atoms with E-state index in [1.807, 2.05) is 48.2 Å². The van der Waals surface area contributed by atoms with Crippen molar-refractivity contribution in [2.24, 2.45) is 0 Å². The molecule has 4 rings (SSSR count). The number of fused-ring (bicyclic) bond motifs is 2. The predicted molar refractivity (Wildman–Crippen MR) is 114 cm³/mol. The van der Waals surface area contributed by atoms with Crippen LogP contribution in [0.3, 0.4) is 0 Å². The minimum absolute atomic E-state index is 0.0847. The van der Waals surface area contributed by atoms with Crippen LogP contribution in [0.2, 0.25) is 0 Å². The van der Waals surface area contributed by atoms with Crippen molar-refractivity contribution in [1.29, 1.82) is 0 Å². The number of benzene rings is 1. The molecule has 0 saturated carbocycles. The molecule has 0 N–H and O–H groups in total. The summed E-state index contributed by atoms with van der Waals surface area (Å²) in [5.74, 6) is 1.30. The molecule has 0 atom stereocenters. The first kappa shape index (κ1) is 17.9. The van der Waals surface area contributed by atoms with E-state index in [1.165, 1.54) is 5.56 Å². The Kier molecular flexibility index (Phi) is 4.65. The van der Waals surface area contributed by atoms with Crippen LogP contribution < -0.4 is 9.80 Å². The number of carbonyl (C=O) groups is 1. The number of nitrogens with zero attached hydrogens (tertiary/aromatic N) is 4. The molecule has 0 saturated heterocycles. The molecule has 1 aliphatic heterocycles. The molecule has 0 radical (unpaired) electrons. The first-order chi connectivity index (χ1) is 13.6. The molecular formula is C23H22N4O. The molecule has 28 heavy (non-hydrogen) atoms. The predicted octanol–water partition coefficient (Wildman–Crippen LogP) is 4.70. The zero-order valence-electron chi connectivity index (χ0n) is 16.3. The maximum atomic E-state index is 13.1. The Labute approximate surface area is 165 Å². The highest BCUT2D eigenvalue weighted by molar-refractivity contribution is 6.12. The molecule has 1 aromatic carbocycles. The number of pyridine rings is 2. The zero-order chi connectivity index (χ0) is 19.7. The summed E-state index contributed by atoms with van der Waals surface area (Å²) < 4.78 is 0. The lowest BCUT2D eigenvalue weighted by Gasteiger charge is -2.22. The van der Waals surface area contributed by atoms with Gasteiger partial charge in [0.25, 0.3) is 5.91 Å². The van der Waals surface area contributed by atoms with Gasteiger partial charge >= 0.3 is 0 Å². The highest BCUT2D eigenvalue weighted by Gasteiger charge is 2.30. The molecular weight excluding hydrogens is 348 g/mol. The lowest BCUT2D eigenvalue weighted by atomic mass is 10.1. The van der Waals surface area contributed by atoms with Gasteiger partial charge in [0.15, 0.2) is 5.82 Å². The Morgan fingerprint density at radius 2 is 1.82 bits per heavy atom. The van der Waals surface area contributed by atoms with Crippen LogP contribution in [0.1, 0.15) is 34.0 Å². The molecule has 0 fully saturated rings. The van der Waals surface area contributed by atoms with Gasteiger partial charge in [-0.05, 0) is 43.2 Å². The van der Waals surface area contributed by atoms with Crippen molar-refractivity contribution in [2.45, 2.75) is 13.8 Å². The van der Waals surface area contributed by atoms with Crippen molar-refractivity contribution in [1.82, 2.24) is 9.97 Å². The van der Waals surface area contributed by atoms with E-state index in [-0.39, 0.29) is 5.91 Å². The number of aromatic nitrogens is 2. The van der Waals surface area contributed by atoms with E-state index in [9.17, 15) is 4.79 Å². The fourth-order valence-corrected chi connectivity index (χ4v) is 3.45. The molecule has 0 spiro atoms. The number of aryl methyl sites for hydroxylation is 1. The third kappa shape index (κ3) is 3.16. The summed E-state index contributed by atoms with van der Waals surface area (Å²) in [4.78, 5) is 25.9. The molecule has 0 unspecified atom stereocenters. The second-order valence-electron chi connectivity index (χ2n) is 6.84. The average molecular weight is 370 g/mol. The lowest BCUT2D eigenvalue weighted by molar-refractivity contribution is 0.0994. The van der Waals surface area contributed by atoms with E-state index < -0.39 is 0 Å². The molecule has 3 heterocycles. The van der Waals surface area contributed by atoms with Crippen LogP contribution in [0.15, 0.2) is 54.9 Å². The summed E-state index contributed by atoms with van der Waals surface area (Å²) in [7, 11) is 1.78. The van der Waals surface area contributed by atoms with Crippen LogP contribution in [-0.2, 0) is 0 Å². The van der Waals surface area contributed by atoms with Crippen molar-refractivity contribution in [3.05, 3.63) is 77.1 Å². The molecule has 1 aliphatic rings. The monoisotopic (exact) mass is 370 g/mol. The Balaban J connectivity index is 1.77. The molecule has 5 heteroatoms. The number of hydrogen-bond donors (Lipinski definition) is 0. The van der Waals surface area contributed by atoms with E-state index in [0.717, 1.165) is 22.6 Å². The quantitative estimate of drug-likeness (QED) is 0.670. The van der Waals surface area contributed by atoms with Crippen LogP contribution in [-0.4, -0.2) is 29.5 Å². The van der Waals surface area contributed by atoms with Crippen molar-refractivity contribution >= 4 is 35.4 Å². The van der Waals surface area contributed by atoms with Gasteiger partial charge in [-0.25, -0.2) is 9.97 Å². The van der Waals surface area contributed by atoms with Gasteiger partial charge in [0, 0.05) is 26.0 Å². The molecule has 2 aromatic heterocycles. The van der Waals surface area contributed by atoms with Gasteiger partial charge in [-0.15, -0.1) is 0 Å². The van der Waals surface area contributed by atoms with Gasteiger partial charge < -0.3 is 9.80 Å². The van der Waals surface area contributed by atoms with E-state index in [4.69, 9.17) is 0 Å². The number of amides is 1. The minimum atomic E-state index is -0.0847. The van der Waals surface area contributed by atoms with Crippen LogP contribution in [0, 0.1) is 6.92 Å². The number of anilines is 3. The normalized spacial score (nSPS) is 13.5. The van der Waals surface area contributed by atoms with E-state index in [0.29, 0.717) is 17.9 Å². The summed E-state index contributed by atoms with van der Waals surface area (Å²) in [6, 6.07) is 13.9. The van der Waals surface area contributed by atoms with Gasteiger partial charge in [-0.1, -0.05) is 42.0 Å². The van der Waals surface area contributed by atoms with Crippen LogP contribution in [0.5, 0.6) is 0 Å². The fourth-order valence-electron chi connectivity index (χ4n) is 3.45. The van der Waals surface area contributed by atoms with Gasteiger partial charge in [-0.2, -0.15) is 0 Å². The van der Waals surface area contributed by atoms with Crippen molar-refractivity contribution in [2.75, 3.05) is 23.4 Å². The van der Waals surface area contributed by atoms with E-state index in [2.05, 4.69) is 35.1 Å². The first-order valence-corrected chi connectivity index (χ1v) is 9.34. The van der Waals surface area contributed by atoms with Crippen LogP contribution in [0.25, 0.3) is 12.2 Å². The number of rotatable bonds is 3. The smallest absolute Gasteiger partial charge is 0.261 e. The fraction of sp³-hybridized carbons (Fsp3) is 0.174. The van der Waals surface area contributed by atoms with Crippen LogP contribution >= 0.6 is 0 Å². The number of carbonyl (C=O) groups excluding carboxylic acids is 1. The number of hydrogen-bond acceptors (Lipinski definition) is 4. The van der Waals surface area contributed by atoms with E-state index in [1.54, 1.807) is 24.3 Å². The molecule has 140 valence electrons. The molecule has 5 nitrogen and oxygen atoms in total. The van der Waals surface area contributed by atoms with Gasteiger partial charge in [-0.3, -0.25) is 4.79 Å². The van der Waals surface area contributed by atoms with Gasteiger partial charge in [0.1, 0.15) is 5.82 Å². The van der Waals surface area contributed by atoms with Crippen molar-refractivity contribution in [3.8, 4) is 0 Å². The Morgan fingerprint density at radius 3 is 2.61 bits per heavy atom. The average Bonchev–Trinajstić information content (AvgIpc) is 2.80. The zero-order valence-corrected chi connectivity index (χ0v) is 16.3. The molecule has 1 amide bonds. The molecule has 0 bridgehead atoms. The minimum Gasteiger partial charge on any atom is -0.309 e. The summed E-state index contributed by atoms with van der Waals surface area (Å²) in [5.41, 5.74) is 4.57. The SMILES string of the molecule is CCN1c2ncc(C=Cc3cccc(C)c3)cc2C(=O)N(C)c2cccnc21. The standard InChI is InChI=1S/C23H22N4O/c1-4-27-21-19(23(28)26(3)20-9-6-12-24-22(20)27)14-18(15-25-21)11-10-17-8-5-7-16(2)13-17/h5-15H,4H2,1-3H3. The highest BCUT2D eigenvalue weighted by Crippen LogP contribution is 2.37. The van der Waals surface area contributed by atoms with Crippen molar-refractivity contribution < 1.29 is 4.79 Å². The Hall–Kier alpha value is -3.47. The largest absolute Gasteiger partial charge is 0.309 e.